The lowest BCUT2D eigenvalue weighted by atomic mass is 10.1. The average molecular weight is 311 g/mol. The van der Waals surface area contributed by atoms with E-state index in [1.54, 1.807) is 6.26 Å². The lowest BCUT2D eigenvalue weighted by molar-refractivity contribution is 0.422. The zero-order valence-corrected chi connectivity index (χ0v) is 13.7. The van der Waals surface area contributed by atoms with E-state index in [1.165, 1.54) is 11.8 Å². The SMILES string of the molecule is Cc1coc(Sc2cccc(Cl)c2CNC(C)(C)C)n1. The molecule has 0 unspecified atom stereocenters. The molecule has 1 N–H and O–H groups in total. The van der Waals surface area contributed by atoms with Crippen LogP contribution >= 0.6 is 23.4 Å². The van der Waals surface area contributed by atoms with Crippen LogP contribution in [0.1, 0.15) is 32.0 Å². The van der Waals surface area contributed by atoms with Gasteiger partial charge in [-0.2, -0.15) is 0 Å². The monoisotopic (exact) mass is 310 g/mol. The lowest BCUT2D eigenvalue weighted by Crippen LogP contribution is -2.35. The number of hydrogen-bond acceptors (Lipinski definition) is 4. The number of halogens is 1. The molecule has 0 amide bonds. The molecule has 5 heteroatoms. The van der Waals surface area contributed by atoms with Crippen LogP contribution in [-0.4, -0.2) is 10.5 Å². The number of nitrogens with one attached hydrogen (secondary N) is 1. The van der Waals surface area contributed by atoms with Gasteiger partial charge in [-0.05, 0) is 57.2 Å². The van der Waals surface area contributed by atoms with E-state index in [0.717, 1.165) is 21.2 Å². The average Bonchev–Trinajstić information content (AvgIpc) is 2.73. The van der Waals surface area contributed by atoms with Crippen LogP contribution in [0.3, 0.4) is 0 Å². The summed E-state index contributed by atoms with van der Waals surface area (Å²) >= 11 is 7.82. The Hall–Kier alpha value is -0.970. The van der Waals surface area contributed by atoms with E-state index in [-0.39, 0.29) is 5.54 Å². The number of hydrogen-bond donors (Lipinski definition) is 1. The first-order chi connectivity index (χ1) is 9.35. The van der Waals surface area contributed by atoms with Gasteiger partial charge in [0.2, 0.25) is 0 Å². The van der Waals surface area contributed by atoms with E-state index in [2.05, 4.69) is 31.1 Å². The molecule has 0 fully saturated rings. The molecule has 108 valence electrons. The maximum atomic E-state index is 6.33. The molecule has 1 heterocycles. The molecule has 0 aliphatic heterocycles. The Morgan fingerprint density at radius 1 is 1.35 bits per heavy atom. The van der Waals surface area contributed by atoms with Crippen molar-refractivity contribution in [1.29, 1.82) is 0 Å². The molecule has 0 bridgehead atoms. The minimum absolute atomic E-state index is 0.0423. The summed E-state index contributed by atoms with van der Waals surface area (Å²) in [6, 6.07) is 5.89. The molecule has 0 aliphatic carbocycles. The van der Waals surface area contributed by atoms with Crippen LogP contribution < -0.4 is 5.32 Å². The van der Waals surface area contributed by atoms with Crippen LogP contribution in [-0.2, 0) is 6.54 Å². The third kappa shape index (κ3) is 4.27. The van der Waals surface area contributed by atoms with Gasteiger partial charge in [0, 0.05) is 22.0 Å². The molecule has 3 nitrogen and oxygen atoms in total. The highest BCUT2D eigenvalue weighted by atomic mass is 35.5. The maximum absolute atomic E-state index is 6.33. The zero-order chi connectivity index (χ0) is 14.8. The van der Waals surface area contributed by atoms with Crippen molar-refractivity contribution in [2.75, 3.05) is 0 Å². The predicted molar refractivity (Wildman–Crippen MR) is 83.4 cm³/mol. The summed E-state index contributed by atoms with van der Waals surface area (Å²) in [5, 5.41) is 4.86. The van der Waals surface area contributed by atoms with Gasteiger partial charge in [0.15, 0.2) is 0 Å². The summed E-state index contributed by atoms with van der Waals surface area (Å²) in [5.74, 6) is 0. The zero-order valence-electron chi connectivity index (χ0n) is 12.2. The molecule has 0 atom stereocenters. The molecular formula is C15H19ClN2OS. The van der Waals surface area contributed by atoms with Crippen LogP contribution in [0.15, 0.2) is 39.0 Å². The van der Waals surface area contributed by atoms with Gasteiger partial charge in [-0.15, -0.1) is 0 Å². The summed E-state index contributed by atoms with van der Waals surface area (Å²) < 4.78 is 5.40. The van der Waals surface area contributed by atoms with Crippen molar-refractivity contribution in [2.24, 2.45) is 0 Å². The molecule has 2 aromatic rings. The third-order valence-electron chi connectivity index (χ3n) is 2.67. The number of rotatable bonds is 4. The molecule has 0 aliphatic rings. The van der Waals surface area contributed by atoms with Crippen molar-refractivity contribution in [3.8, 4) is 0 Å². The van der Waals surface area contributed by atoms with Gasteiger partial charge in [-0.3, -0.25) is 0 Å². The van der Waals surface area contributed by atoms with Crippen LogP contribution in [0.2, 0.25) is 5.02 Å². The molecule has 20 heavy (non-hydrogen) atoms. The topological polar surface area (TPSA) is 38.1 Å². The first-order valence-electron chi connectivity index (χ1n) is 6.47. The van der Waals surface area contributed by atoms with E-state index in [4.69, 9.17) is 16.0 Å². The Bertz CT molecular complexity index is 590. The fourth-order valence-electron chi connectivity index (χ4n) is 1.63. The minimum atomic E-state index is 0.0423. The van der Waals surface area contributed by atoms with Crippen LogP contribution in [0.25, 0.3) is 0 Å². The van der Waals surface area contributed by atoms with Gasteiger partial charge in [-0.25, -0.2) is 4.98 Å². The maximum Gasteiger partial charge on any atom is 0.260 e. The first-order valence-corrected chi connectivity index (χ1v) is 7.67. The quantitative estimate of drug-likeness (QED) is 0.890. The van der Waals surface area contributed by atoms with Gasteiger partial charge < -0.3 is 9.73 Å². The molecule has 0 radical (unpaired) electrons. The third-order valence-corrected chi connectivity index (χ3v) is 3.99. The Morgan fingerprint density at radius 3 is 2.70 bits per heavy atom. The number of benzene rings is 1. The Morgan fingerprint density at radius 2 is 2.10 bits per heavy atom. The molecule has 1 aromatic heterocycles. The van der Waals surface area contributed by atoms with Crippen LogP contribution in [0.4, 0.5) is 0 Å². The van der Waals surface area contributed by atoms with Crippen molar-refractivity contribution in [2.45, 2.75) is 49.9 Å². The number of oxazole rings is 1. The van der Waals surface area contributed by atoms with Gasteiger partial charge in [0.1, 0.15) is 6.26 Å². The summed E-state index contributed by atoms with van der Waals surface area (Å²) in [6.07, 6.45) is 1.65. The molecule has 0 saturated heterocycles. The van der Waals surface area contributed by atoms with E-state index in [1.807, 2.05) is 25.1 Å². The van der Waals surface area contributed by atoms with Crippen molar-refractivity contribution in [3.63, 3.8) is 0 Å². The largest absolute Gasteiger partial charge is 0.439 e. The minimum Gasteiger partial charge on any atom is -0.439 e. The standard InChI is InChI=1S/C15H19ClN2OS/c1-10-9-19-14(18-10)20-13-7-5-6-12(16)11(13)8-17-15(2,3)4/h5-7,9,17H,8H2,1-4H3. The van der Waals surface area contributed by atoms with Crippen molar-refractivity contribution in [3.05, 3.63) is 40.7 Å². The summed E-state index contributed by atoms with van der Waals surface area (Å²) in [7, 11) is 0. The van der Waals surface area contributed by atoms with E-state index >= 15 is 0 Å². The van der Waals surface area contributed by atoms with Gasteiger partial charge in [0.25, 0.3) is 5.22 Å². The molecular weight excluding hydrogens is 292 g/mol. The van der Waals surface area contributed by atoms with Crippen molar-refractivity contribution < 1.29 is 4.42 Å². The fraction of sp³-hybridized carbons (Fsp3) is 0.400. The summed E-state index contributed by atoms with van der Waals surface area (Å²) in [5.41, 5.74) is 1.99. The van der Waals surface area contributed by atoms with Gasteiger partial charge in [0.05, 0.1) is 5.69 Å². The van der Waals surface area contributed by atoms with Crippen molar-refractivity contribution in [1.82, 2.24) is 10.3 Å². The molecule has 0 spiro atoms. The number of nitrogens with zero attached hydrogens (tertiary/aromatic N) is 1. The second kappa shape index (κ2) is 6.20. The Balaban J connectivity index is 2.21. The number of aromatic nitrogens is 1. The Labute approximate surface area is 129 Å². The highest BCUT2D eigenvalue weighted by Gasteiger charge is 2.14. The Kier molecular flexibility index (Phi) is 4.78. The number of aryl methyl sites for hydroxylation is 1. The fourth-order valence-corrected chi connectivity index (χ4v) is 2.86. The molecule has 2 rings (SSSR count). The van der Waals surface area contributed by atoms with Gasteiger partial charge in [-0.1, -0.05) is 17.7 Å². The van der Waals surface area contributed by atoms with E-state index in [9.17, 15) is 0 Å². The van der Waals surface area contributed by atoms with E-state index in [0.29, 0.717) is 11.8 Å². The van der Waals surface area contributed by atoms with E-state index < -0.39 is 0 Å². The molecule has 0 saturated carbocycles. The second-order valence-corrected chi connectivity index (χ2v) is 7.08. The normalized spacial score (nSPS) is 11.8. The van der Waals surface area contributed by atoms with Gasteiger partial charge >= 0.3 is 0 Å². The van der Waals surface area contributed by atoms with Crippen LogP contribution in [0, 0.1) is 6.92 Å². The summed E-state index contributed by atoms with van der Waals surface area (Å²) in [6.45, 7) is 9.02. The summed E-state index contributed by atoms with van der Waals surface area (Å²) in [4.78, 5) is 5.38. The highest BCUT2D eigenvalue weighted by molar-refractivity contribution is 7.99. The smallest absolute Gasteiger partial charge is 0.260 e. The highest BCUT2D eigenvalue weighted by Crippen LogP contribution is 2.33. The lowest BCUT2D eigenvalue weighted by Gasteiger charge is -2.22. The molecule has 1 aromatic carbocycles. The second-order valence-electron chi connectivity index (χ2n) is 5.68. The van der Waals surface area contributed by atoms with Crippen LogP contribution in [0.5, 0.6) is 0 Å². The first kappa shape index (κ1) is 15.4. The predicted octanol–water partition coefficient (Wildman–Crippen LogP) is 4.68. The van der Waals surface area contributed by atoms with Crippen molar-refractivity contribution >= 4 is 23.4 Å².